The topological polar surface area (TPSA) is 51.2 Å². The zero-order valence-electron chi connectivity index (χ0n) is 14.5. The van der Waals surface area contributed by atoms with E-state index in [1.807, 2.05) is 72.8 Å². The third kappa shape index (κ3) is 5.36. The molecular formula is C21H20N2O2S. The molecule has 0 bridgehead atoms. The molecule has 0 aliphatic heterocycles. The van der Waals surface area contributed by atoms with Crippen LogP contribution in [-0.2, 0) is 10.5 Å². The Labute approximate surface area is 157 Å². The number of thioether (sulfide) groups is 1. The summed E-state index contributed by atoms with van der Waals surface area (Å²) in [5.41, 5.74) is 1.88. The van der Waals surface area contributed by atoms with Gasteiger partial charge in [-0.05, 0) is 48.9 Å². The van der Waals surface area contributed by atoms with E-state index >= 15 is 0 Å². The van der Waals surface area contributed by atoms with Crippen LogP contribution in [0.4, 0.5) is 5.69 Å². The summed E-state index contributed by atoms with van der Waals surface area (Å²) < 4.78 is 5.66. The van der Waals surface area contributed by atoms with E-state index < -0.39 is 6.10 Å². The average molecular weight is 364 g/mol. The molecule has 5 heteroatoms. The fourth-order valence-corrected chi connectivity index (χ4v) is 3.13. The fourth-order valence-electron chi connectivity index (χ4n) is 2.33. The first kappa shape index (κ1) is 18.0. The van der Waals surface area contributed by atoms with Crippen molar-refractivity contribution >= 4 is 23.4 Å². The van der Waals surface area contributed by atoms with Crippen molar-refractivity contribution in [1.29, 1.82) is 0 Å². The van der Waals surface area contributed by atoms with Crippen LogP contribution in [0.15, 0.2) is 84.0 Å². The van der Waals surface area contributed by atoms with Gasteiger partial charge in [0.1, 0.15) is 5.75 Å². The zero-order valence-corrected chi connectivity index (χ0v) is 15.3. The number of aromatic nitrogens is 1. The number of nitrogens with one attached hydrogen (secondary N) is 1. The number of anilines is 1. The fraction of sp³-hybridized carbons (Fsp3) is 0.143. The van der Waals surface area contributed by atoms with E-state index in [-0.39, 0.29) is 5.91 Å². The summed E-state index contributed by atoms with van der Waals surface area (Å²) in [6, 6.07) is 23.0. The smallest absolute Gasteiger partial charge is 0.265 e. The summed E-state index contributed by atoms with van der Waals surface area (Å²) in [6.07, 6.45) is 1.21. The van der Waals surface area contributed by atoms with Crippen LogP contribution in [0, 0.1) is 0 Å². The maximum absolute atomic E-state index is 12.4. The first-order valence-electron chi connectivity index (χ1n) is 8.36. The number of carbonyl (C=O) groups excluding carboxylic acids is 1. The second kappa shape index (κ2) is 9.06. The number of ether oxygens (including phenoxy) is 1. The molecule has 1 heterocycles. The molecule has 0 radical (unpaired) electrons. The molecule has 1 unspecified atom stereocenters. The highest BCUT2D eigenvalue weighted by molar-refractivity contribution is 7.98. The molecule has 3 rings (SSSR count). The molecular weight excluding hydrogens is 344 g/mol. The largest absolute Gasteiger partial charge is 0.481 e. The van der Waals surface area contributed by atoms with Crippen LogP contribution in [0.3, 0.4) is 0 Å². The third-order valence-electron chi connectivity index (χ3n) is 3.64. The van der Waals surface area contributed by atoms with Crippen molar-refractivity contribution in [3.63, 3.8) is 0 Å². The second-order valence-corrected chi connectivity index (χ2v) is 6.72. The van der Waals surface area contributed by atoms with E-state index in [0.717, 1.165) is 22.0 Å². The lowest BCUT2D eigenvalue weighted by Crippen LogP contribution is -2.30. The van der Waals surface area contributed by atoms with Gasteiger partial charge in [-0.2, -0.15) is 0 Å². The van der Waals surface area contributed by atoms with Crippen LogP contribution in [0.5, 0.6) is 5.75 Å². The highest BCUT2D eigenvalue weighted by atomic mass is 32.2. The maximum atomic E-state index is 12.4. The second-order valence-electron chi connectivity index (χ2n) is 5.72. The average Bonchev–Trinajstić information content (AvgIpc) is 2.68. The molecule has 0 aliphatic carbocycles. The molecule has 0 saturated carbocycles. The van der Waals surface area contributed by atoms with Gasteiger partial charge in [0.05, 0.1) is 5.03 Å². The van der Waals surface area contributed by atoms with Gasteiger partial charge >= 0.3 is 0 Å². The Morgan fingerprint density at radius 2 is 1.88 bits per heavy atom. The predicted octanol–water partition coefficient (Wildman–Crippen LogP) is 4.78. The van der Waals surface area contributed by atoms with Gasteiger partial charge in [-0.3, -0.25) is 4.79 Å². The third-order valence-corrected chi connectivity index (χ3v) is 4.66. The van der Waals surface area contributed by atoms with Crippen molar-refractivity contribution in [2.24, 2.45) is 0 Å². The van der Waals surface area contributed by atoms with Gasteiger partial charge < -0.3 is 10.1 Å². The van der Waals surface area contributed by atoms with E-state index in [1.165, 1.54) is 0 Å². The molecule has 1 atom stereocenters. The highest BCUT2D eigenvalue weighted by Gasteiger charge is 2.14. The summed E-state index contributed by atoms with van der Waals surface area (Å²) >= 11 is 1.66. The van der Waals surface area contributed by atoms with E-state index in [9.17, 15) is 4.79 Å². The Bertz CT molecular complexity index is 841. The highest BCUT2D eigenvalue weighted by Crippen LogP contribution is 2.22. The minimum Gasteiger partial charge on any atom is -0.481 e. The minimum atomic E-state index is -0.580. The van der Waals surface area contributed by atoms with Crippen LogP contribution in [0.1, 0.15) is 12.5 Å². The lowest BCUT2D eigenvalue weighted by Gasteiger charge is -2.15. The van der Waals surface area contributed by atoms with Gasteiger partial charge in [-0.15, -0.1) is 11.8 Å². The Kier molecular flexibility index (Phi) is 6.28. The molecule has 132 valence electrons. The van der Waals surface area contributed by atoms with Crippen molar-refractivity contribution < 1.29 is 9.53 Å². The van der Waals surface area contributed by atoms with Gasteiger partial charge in [0.2, 0.25) is 0 Å². The molecule has 26 heavy (non-hydrogen) atoms. The number of para-hydroxylation sites is 1. The van der Waals surface area contributed by atoms with E-state index in [4.69, 9.17) is 4.74 Å². The first-order valence-corrected chi connectivity index (χ1v) is 9.34. The Morgan fingerprint density at radius 3 is 2.65 bits per heavy atom. The monoisotopic (exact) mass is 364 g/mol. The van der Waals surface area contributed by atoms with Gasteiger partial charge in [0.15, 0.2) is 6.10 Å². The first-order chi connectivity index (χ1) is 12.7. The summed E-state index contributed by atoms with van der Waals surface area (Å²) in [6.45, 7) is 1.74. The Morgan fingerprint density at radius 1 is 1.08 bits per heavy atom. The standard InChI is InChI=1S/C21H20N2O2S/c1-16(25-19-10-3-2-4-11-19)21(24)23-18-9-7-8-17(14-18)15-26-20-12-5-6-13-22-20/h2-14,16H,15H2,1H3,(H,23,24). The van der Waals surface area contributed by atoms with E-state index in [2.05, 4.69) is 10.3 Å². The van der Waals surface area contributed by atoms with Crippen molar-refractivity contribution in [3.05, 3.63) is 84.6 Å². The molecule has 1 amide bonds. The molecule has 3 aromatic rings. The van der Waals surface area contributed by atoms with Crippen molar-refractivity contribution in [2.75, 3.05) is 5.32 Å². The summed E-state index contributed by atoms with van der Waals surface area (Å²) in [4.78, 5) is 16.7. The molecule has 4 nitrogen and oxygen atoms in total. The number of pyridine rings is 1. The predicted molar refractivity (Wildman–Crippen MR) is 105 cm³/mol. The Hall–Kier alpha value is -2.79. The molecule has 0 aliphatic rings. The van der Waals surface area contributed by atoms with Crippen LogP contribution < -0.4 is 10.1 Å². The number of amides is 1. The van der Waals surface area contributed by atoms with Crippen molar-refractivity contribution in [3.8, 4) is 5.75 Å². The van der Waals surface area contributed by atoms with Gasteiger partial charge in [-0.25, -0.2) is 4.98 Å². The number of rotatable bonds is 7. The lowest BCUT2D eigenvalue weighted by molar-refractivity contribution is -0.122. The van der Waals surface area contributed by atoms with Crippen LogP contribution in [0.25, 0.3) is 0 Å². The van der Waals surface area contributed by atoms with Crippen LogP contribution in [-0.4, -0.2) is 17.0 Å². The van der Waals surface area contributed by atoms with E-state index in [0.29, 0.717) is 5.75 Å². The quantitative estimate of drug-likeness (QED) is 0.613. The molecule has 1 aromatic heterocycles. The SMILES string of the molecule is CC(Oc1ccccc1)C(=O)Nc1cccc(CSc2ccccn2)c1. The molecule has 1 N–H and O–H groups in total. The molecule has 0 spiro atoms. The van der Waals surface area contributed by atoms with Gasteiger partial charge in [-0.1, -0.05) is 36.4 Å². The lowest BCUT2D eigenvalue weighted by atomic mass is 10.2. The normalized spacial score (nSPS) is 11.6. The summed E-state index contributed by atoms with van der Waals surface area (Å²) in [5.74, 6) is 1.29. The number of benzene rings is 2. The van der Waals surface area contributed by atoms with E-state index in [1.54, 1.807) is 24.9 Å². The Balaban J connectivity index is 1.56. The zero-order chi connectivity index (χ0) is 18.2. The maximum Gasteiger partial charge on any atom is 0.265 e. The number of nitrogens with zero attached hydrogens (tertiary/aromatic N) is 1. The number of carbonyl (C=O) groups is 1. The van der Waals surface area contributed by atoms with Crippen LogP contribution in [0.2, 0.25) is 0 Å². The minimum absolute atomic E-state index is 0.177. The van der Waals surface area contributed by atoms with Gasteiger partial charge in [0.25, 0.3) is 5.91 Å². The number of hydrogen-bond acceptors (Lipinski definition) is 4. The summed E-state index contributed by atoms with van der Waals surface area (Å²) in [5, 5.41) is 3.89. The van der Waals surface area contributed by atoms with Gasteiger partial charge in [0, 0.05) is 17.6 Å². The number of hydrogen-bond donors (Lipinski definition) is 1. The van der Waals surface area contributed by atoms with Crippen molar-refractivity contribution in [2.45, 2.75) is 23.8 Å². The van der Waals surface area contributed by atoms with Crippen LogP contribution >= 0.6 is 11.8 Å². The van der Waals surface area contributed by atoms with Crippen molar-refractivity contribution in [1.82, 2.24) is 4.98 Å². The summed E-state index contributed by atoms with van der Waals surface area (Å²) in [7, 11) is 0. The molecule has 0 saturated heterocycles. The molecule has 2 aromatic carbocycles. The molecule has 0 fully saturated rings.